The highest BCUT2D eigenvalue weighted by atomic mass is 19.4. The van der Waals surface area contributed by atoms with Crippen molar-refractivity contribution in [1.29, 1.82) is 0 Å². The van der Waals surface area contributed by atoms with Gasteiger partial charge in [0.15, 0.2) is 0 Å². The molecule has 0 saturated carbocycles. The lowest BCUT2D eigenvalue weighted by Gasteiger charge is -2.43. The minimum absolute atomic E-state index is 0.143. The van der Waals surface area contributed by atoms with Crippen LogP contribution in [0.2, 0.25) is 0 Å². The molecule has 0 aliphatic rings. The Labute approximate surface area is 193 Å². The summed E-state index contributed by atoms with van der Waals surface area (Å²) in [5, 5.41) is 8.96. The third-order valence-electron chi connectivity index (χ3n) is 5.21. The van der Waals surface area contributed by atoms with Crippen LogP contribution in [0.4, 0.5) is 74.6 Å². The first-order chi connectivity index (χ1) is 16.2. The van der Waals surface area contributed by atoms with Gasteiger partial charge in [-0.2, -0.15) is 74.6 Å². The van der Waals surface area contributed by atoms with E-state index in [-0.39, 0.29) is 5.39 Å². The molecule has 0 saturated heterocycles. The molecule has 210 valence electrons. The topological polar surface area (TPSA) is 20.2 Å². The highest BCUT2D eigenvalue weighted by molar-refractivity contribution is 5.86. The minimum atomic E-state index is -8.72. The zero-order chi connectivity index (χ0) is 29.3. The third kappa shape index (κ3) is 3.96. The number of hydrogen-bond acceptors (Lipinski definition) is 1. The Morgan fingerprint density at radius 2 is 0.838 bits per heavy atom. The second-order valence-corrected chi connectivity index (χ2v) is 7.54. The molecule has 2 aromatic carbocycles. The van der Waals surface area contributed by atoms with Gasteiger partial charge >= 0.3 is 47.6 Å². The normalized spacial score (nSPS) is 16.3. The predicted molar refractivity (Wildman–Crippen MR) is 89.6 cm³/mol. The standard InChI is InChI=1S/C19H9F17O/c20-12(21,11(37)10-7-3-5-8-4-1-2-6-9(8)10)13(22,23)14(24,25)15(26,27)16(28,29)17(30,31)18(32,33)19(34,35)36/h1-7,11,37H. The maximum absolute atomic E-state index is 14.4. The minimum Gasteiger partial charge on any atom is -0.382 e. The summed E-state index contributed by atoms with van der Waals surface area (Å²) in [7, 11) is 0. The van der Waals surface area contributed by atoms with Gasteiger partial charge in [0.05, 0.1) is 0 Å². The zero-order valence-electron chi connectivity index (χ0n) is 17.0. The number of rotatable bonds is 8. The molecule has 0 radical (unpaired) electrons. The van der Waals surface area contributed by atoms with Crippen molar-refractivity contribution in [1.82, 2.24) is 0 Å². The molecule has 0 aliphatic carbocycles. The van der Waals surface area contributed by atoms with Crippen LogP contribution in [0.5, 0.6) is 0 Å². The maximum atomic E-state index is 14.4. The van der Waals surface area contributed by atoms with Gasteiger partial charge in [-0.3, -0.25) is 0 Å². The van der Waals surface area contributed by atoms with Crippen molar-refractivity contribution < 1.29 is 79.7 Å². The lowest BCUT2D eigenvalue weighted by Crippen LogP contribution is -2.74. The number of aliphatic hydroxyl groups excluding tert-OH is 1. The van der Waals surface area contributed by atoms with Crippen LogP contribution in [0, 0.1) is 0 Å². The molecule has 0 heterocycles. The van der Waals surface area contributed by atoms with Gasteiger partial charge in [-0.15, -0.1) is 0 Å². The average molecular weight is 576 g/mol. The summed E-state index contributed by atoms with van der Waals surface area (Å²) < 4.78 is 228. The van der Waals surface area contributed by atoms with Crippen LogP contribution in [0.1, 0.15) is 11.7 Å². The Balaban J connectivity index is 2.67. The van der Waals surface area contributed by atoms with Gasteiger partial charge in [0.2, 0.25) is 0 Å². The fourth-order valence-electron chi connectivity index (χ4n) is 3.03. The summed E-state index contributed by atoms with van der Waals surface area (Å²) >= 11 is 0. The van der Waals surface area contributed by atoms with E-state index in [1.807, 2.05) is 0 Å². The number of hydrogen-bond donors (Lipinski definition) is 1. The molecule has 1 atom stereocenters. The molecule has 0 fully saturated rings. The summed E-state index contributed by atoms with van der Waals surface area (Å²) in [6.07, 6.45) is -12.1. The molecule has 1 nitrogen and oxygen atoms in total. The molecule has 2 rings (SSSR count). The van der Waals surface area contributed by atoms with Gasteiger partial charge in [0.1, 0.15) is 6.10 Å². The van der Waals surface area contributed by atoms with Gasteiger partial charge in [-0.25, -0.2) is 0 Å². The Morgan fingerprint density at radius 1 is 0.459 bits per heavy atom. The number of aliphatic hydroxyl groups is 1. The first kappa shape index (κ1) is 30.7. The lowest BCUT2D eigenvalue weighted by atomic mass is 9.85. The fourth-order valence-corrected chi connectivity index (χ4v) is 3.03. The number of benzene rings is 2. The fraction of sp³-hybridized carbons (Fsp3) is 0.474. The Kier molecular flexibility index (Phi) is 7.04. The maximum Gasteiger partial charge on any atom is 0.460 e. The average Bonchev–Trinajstić information content (AvgIpc) is 2.76. The molecule has 1 unspecified atom stereocenters. The van der Waals surface area contributed by atoms with Crippen molar-refractivity contribution in [2.45, 2.75) is 53.7 Å². The van der Waals surface area contributed by atoms with E-state index in [0.717, 1.165) is 30.3 Å². The molecule has 0 aromatic heterocycles. The van der Waals surface area contributed by atoms with Gasteiger partial charge in [-0.05, 0) is 16.3 Å². The molecule has 0 spiro atoms. The monoisotopic (exact) mass is 576 g/mol. The van der Waals surface area contributed by atoms with E-state index >= 15 is 0 Å². The molecule has 0 amide bonds. The largest absolute Gasteiger partial charge is 0.460 e. The van der Waals surface area contributed by atoms with Gasteiger partial charge in [0.25, 0.3) is 0 Å². The number of alkyl halides is 17. The molecule has 37 heavy (non-hydrogen) atoms. The highest BCUT2D eigenvalue weighted by Gasteiger charge is 2.95. The molecule has 0 aliphatic heterocycles. The molecular formula is C19H9F17O. The summed E-state index contributed by atoms with van der Waals surface area (Å²) in [5.41, 5.74) is -1.39. The van der Waals surface area contributed by atoms with E-state index in [4.69, 9.17) is 0 Å². The molecular weight excluding hydrogens is 567 g/mol. The van der Waals surface area contributed by atoms with Crippen LogP contribution in [0.25, 0.3) is 10.8 Å². The van der Waals surface area contributed by atoms with Crippen molar-refractivity contribution in [3.8, 4) is 0 Å². The smallest absolute Gasteiger partial charge is 0.382 e. The van der Waals surface area contributed by atoms with E-state index in [1.54, 1.807) is 0 Å². The van der Waals surface area contributed by atoms with Crippen molar-refractivity contribution in [2.24, 2.45) is 0 Å². The Bertz CT molecular complexity index is 1130. The third-order valence-corrected chi connectivity index (χ3v) is 5.21. The van der Waals surface area contributed by atoms with E-state index in [2.05, 4.69) is 0 Å². The van der Waals surface area contributed by atoms with E-state index in [1.165, 1.54) is 6.07 Å². The predicted octanol–water partition coefficient (Wildman–Crippen LogP) is 7.88. The van der Waals surface area contributed by atoms with Crippen LogP contribution in [0.3, 0.4) is 0 Å². The Morgan fingerprint density at radius 3 is 1.30 bits per heavy atom. The quantitative estimate of drug-likeness (QED) is 0.317. The number of halogens is 17. The van der Waals surface area contributed by atoms with E-state index < -0.39 is 64.7 Å². The first-order valence-corrected chi connectivity index (χ1v) is 9.12. The first-order valence-electron chi connectivity index (χ1n) is 9.12. The van der Waals surface area contributed by atoms with Crippen molar-refractivity contribution in [3.05, 3.63) is 48.0 Å². The van der Waals surface area contributed by atoms with Crippen molar-refractivity contribution in [3.63, 3.8) is 0 Å². The number of fused-ring (bicyclic) bond motifs is 1. The zero-order valence-corrected chi connectivity index (χ0v) is 17.0. The molecule has 0 bridgehead atoms. The SMILES string of the molecule is OC(c1cccc2ccccc12)C(F)(F)C(F)(F)C(F)(F)C(F)(F)C(F)(F)C(F)(F)C(F)(F)C(F)(F)F. The van der Waals surface area contributed by atoms with E-state index in [9.17, 15) is 79.7 Å². The molecule has 2 aromatic rings. The summed E-state index contributed by atoms with van der Waals surface area (Å²) in [4.78, 5) is 0. The van der Waals surface area contributed by atoms with Gasteiger partial charge in [-0.1, -0.05) is 42.5 Å². The van der Waals surface area contributed by atoms with Crippen LogP contribution in [-0.2, 0) is 0 Å². The van der Waals surface area contributed by atoms with E-state index in [0.29, 0.717) is 6.07 Å². The summed E-state index contributed by atoms with van der Waals surface area (Å²) in [6, 6.07) is 6.39. The molecule has 18 heteroatoms. The van der Waals surface area contributed by atoms with Crippen LogP contribution in [-0.4, -0.2) is 52.7 Å². The van der Waals surface area contributed by atoms with Crippen LogP contribution < -0.4 is 0 Å². The second-order valence-electron chi connectivity index (χ2n) is 7.54. The lowest BCUT2D eigenvalue weighted by molar-refractivity contribution is -0.464. The second kappa shape index (κ2) is 8.49. The summed E-state index contributed by atoms with van der Waals surface area (Å²) in [6.45, 7) is 0. The molecule has 1 N–H and O–H groups in total. The Hall–Kier alpha value is -2.53. The van der Waals surface area contributed by atoms with Crippen LogP contribution >= 0.6 is 0 Å². The van der Waals surface area contributed by atoms with Crippen LogP contribution in [0.15, 0.2) is 42.5 Å². The summed E-state index contributed by atoms with van der Waals surface area (Å²) in [5.74, 6) is -57.6. The van der Waals surface area contributed by atoms with Gasteiger partial charge in [0, 0.05) is 0 Å². The van der Waals surface area contributed by atoms with Gasteiger partial charge < -0.3 is 5.11 Å². The van der Waals surface area contributed by atoms with Crippen molar-refractivity contribution >= 4 is 10.8 Å². The highest BCUT2D eigenvalue weighted by Crippen LogP contribution is 2.65. The van der Waals surface area contributed by atoms with Crippen molar-refractivity contribution in [2.75, 3.05) is 0 Å².